The summed E-state index contributed by atoms with van der Waals surface area (Å²) < 4.78 is 8.78. The minimum Gasteiger partial charge on any atom is -0.456 e. The number of hydrogen-bond donors (Lipinski definition) is 0. The van der Waals surface area contributed by atoms with Crippen LogP contribution in [0.1, 0.15) is 0 Å². The molecule has 9 aromatic carbocycles. The molecule has 0 saturated carbocycles. The summed E-state index contributed by atoms with van der Waals surface area (Å²) in [5.41, 5.74) is 10.2. The van der Waals surface area contributed by atoms with E-state index >= 15 is 0 Å². The average Bonchev–Trinajstić information content (AvgIpc) is 3.83. The Bertz CT molecular complexity index is 3510. The Balaban J connectivity index is 1.04. The van der Waals surface area contributed by atoms with Gasteiger partial charge in [0, 0.05) is 43.9 Å². The van der Waals surface area contributed by atoms with Crippen LogP contribution in [-0.4, -0.2) is 19.5 Å². The van der Waals surface area contributed by atoms with Gasteiger partial charge in [-0.1, -0.05) is 140 Å². The van der Waals surface area contributed by atoms with Crippen molar-refractivity contribution in [2.75, 3.05) is 0 Å². The van der Waals surface area contributed by atoms with Crippen molar-refractivity contribution >= 4 is 65.3 Å². The molecule has 0 aliphatic rings. The number of fused-ring (bicyclic) bond motifs is 9. The highest BCUT2D eigenvalue weighted by molar-refractivity contribution is 6.21. The number of benzene rings is 9. The summed E-state index contributed by atoms with van der Waals surface area (Å²) in [6, 6.07) is 68.2. The van der Waals surface area contributed by atoms with Crippen molar-refractivity contribution in [3.8, 4) is 51.0 Å². The van der Waals surface area contributed by atoms with E-state index in [1.807, 2.05) is 72.8 Å². The van der Waals surface area contributed by atoms with Gasteiger partial charge < -0.3 is 8.98 Å². The van der Waals surface area contributed by atoms with Crippen molar-refractivity contribution < 1.29 is 4.42 Å². The molecule has 5 nitrogen and oxygen atoms in total. The van der Waals surface area contributed by atoms with Gasteiger partial charge in [-0.05, 0) is 87.3 Å². The zero-order chi connectivity index (χ0) is 38.2. The highest BCUT2D eigenvalue weighted by Crippen LogP contribution is 2.42. The van der Waals surface area contributed by atoms with Crippen molar-refractivity contribution in [1.29, 1.82) is 0 Å². The highest BCUT2D eigenvalue weighted by Gasteiger charge is 2.18. The fourth-order valence-electron chi connectivity index (χ4n) is 8.70. The van der Waals surface area contributed by atoms with Crippen molar-refractivity contribution in [3.05, 3.63) is 194 Å². The maximum Gasteiger partial charge on any atom is 0.164 e. The van der Waals surface area contributed by atoms with Crippen molar-refractivity contribution in [2.45, 2.75) is 0 Å². The molecule has 270 valence electrons. The van der Waals surface area contributed by atoms with Crippen LogP contribution >= 0.6 is 0 Å². The molecule has 0 saturated heterocycles. The highest BCUT2D eigenvalue weighted by atomic mass is 16.3. The lowest BCUT2D eigenvalue weighted by Crippen LogP contribution is -2.01. The summed E-state index contributed by atoms with van der Waals surface area (Å²) in [4.78, 5) is 15.0. The van der Waals surface area contributed by atoms with Crippen LogP contribution in [0.25, 0.3) is 116 Å². The van der Waals surface area contributed by atoms with Gasteiger partial charge in [0.15, 0.2) is 17.5 Å². The van der Waals surface area contributed by atoms with Crippen LogP contribution in [0.2, 0.25) is 0 Å². The monoisotopic (exact) mass is 740 g/mol. The van der Waals surface area contributed by atoms with Gasteiger partial charge in [0.2, 0.25) is 0 Å². The van der Waals surface area contributed by atoms with Crippen LogP contribution < -0.4 is 0 Å². The number of rotatable bonds is 5. The zero-order valence-corrected chi connectivity index (χ0v) is 31.2. The van der Waals surface area contributed by atoms with Gasteiger partial charge in [-0.3, -0.25) is 0 Å². The summed E-state index contributed by atoms with van der Waals surface area (Å²) in [6.07, 6.45) is 0. The molecule has 58 heavy (non-hydrogen) atoms. The van der Waals surface area contributed by atoms with Gasteiger partial charge in [-0.2, -0.15) is 0 Å². The Morgan fingerprint density at radius 3 is 1.72 bits per heavy atom. The molecule has 5 heteroatoms. The van der Waals surface area contributed by atoms with E-state index in [4.69, 9.17) is 19.4 Å². The van der Waals surface area contributed by atoms with Gasteiger partial charge >= 0.3 is 0 Å². The summed E-state index contributed by atoms with van der Waals surface area (Å²) >= 11 is 0. The van der Waals surface area contributed by atoms with E-state index in [-0.39, 0.29) is 0 Å². The molecular formula is C53H32N4O. The number of hydrogen-bond acceptors (Lipinski definition) is 4. The lowest BCUT2D eigenvalue weighted by Gasteiger charge is -2.13. The van der Waals surface area contributed by atoms with Crippen LogP contribution in [0.15, 0.2) is 199 Å². The Labute approximate surface area is 333 Å². The van der Waals surface area contributed by atoms with Crippen LogP contribution in [-0.2, 0) is 0 Å². The standard InChI is InChI=1S/C53H32N4O/c1-3-14-33(15-4-1)51-54-52(34-16-5-2-6-17-34)56-53(55-51)37-19-13-20-38(28-37)57-47-24-11-9-22-40(47)45-30-36(26-27-48(45)57)42-29-35-18-7-8-21-39(35)43-31-46-41-23-10-12-25-49(41)58-50(46)32-44(42)43/h1-32H. The molecule has 12 aromatic rings. The summed E-state index contributed by atoms with van der Waals surface area (Å²) in [6.45, 7) is 0. The predicted octanol–water partition coefficient (Wildman–Crippen LogP) is 13.8. The first-order chi connectivity index (χ1) is 28.7. The molecule has 0 aliphatic carbocycles. The second-order valence-corrected chi connectivity index (χ2v) is 14.8. The van der Waals surface area contributed by atoms with Crippen molar-refractivity contribution in [3.63, 3.8) is 0 Å². The van der Waals surface area contributed by atoms with Gasteiger partial charge in [0.1, 0.15) is 11.2 Å². The molecule has 0 atom stereocenters. The summed E-state index contributed by atoms with van der Waals surface area (Å²) in [5, 5.41) is 9.47. The lowest BCUT2D eigenvalue weighted by molar-refractivity contribution is 0.669. The quantitative estimate of drug-likeness (QED) is 0.165. The molecule has 0 fully saturated rings. The smallest absolute Gasteiger partial charge is 0.164 e. The van der Waals surface area contributed by atoms with Crippen LogP contribution in [0.3, 0.4) is 0 Å². The van der Waals surface area contributed by atoms with Crippen LogP contribution in [0.4, 0.5) is 0 Å². The maximum absolute atomic E-state index is 6.43. The van der Waals surface area contributed by atoms with E-state index in [0.717, 1.165) is 60.9 Å². The predicted molar refractivity (Wildman–Crippen MR) is 238 cm³/mol. The molecule has 0 bridgehead atoms. The van der Waals surface area contributed by atoms with E-state index in [1.54, 1.807) is 0 Å². The molecule has 0 aliphatic heterocycles. The third-order valence-corrected chi connectivity index (χ3v) is 11.4. The van der Waals surface area contributed by atoms with Crippen molar-refractivity contribution in [2.24, 2.45) is 0 Å². The topological polar surface area (TPSA) is 56.7 Å². The van der Waals surface area contributed by atoms with Crippen LogP contribution in [0, 0.1) is 0 Å². The molecule has 0 spiro atoms. The van der Waals surface area contributed by atoms with Gasteiger partial charge in [-0.25, -0.2) is 15.0 Å². The molecule has 0 unspecified atom stereocenters. The van der Waals surface area contributed by atoms with Gasteiger partial charge in [0.05, 0.1) is 11.0 Å². The first-order valence-electron chi connectivity index (χ1n) is 19.5. The minimum atomic E-state index is 0.624. The van der Waals surface area contributed by atoms with E-state index in [1.165, 1.54) is 37.9 Å². The summed E-state index contributed by atoms with van der Waals surface area (Å²) in [5.74, 6) is 1.90. The van der Waals surface area contributed by atoms with Gasteiger partial charge in [0.25, 0.3) is 0 Å². The fraction of sp³-hybridized carbons (Fsp3) is 0. The minimum absolute atomic E-state index is 0.624. The Morgan fingerprint density at radius 1 is 0.328 bits per heavy atom. The third-order valence-electron chi connectivity index (χ3n) is 11.4. The molecular weight excluding hydrogens is 709 g/mol. The molecule has 0 radical (unpaired) electrons. The second-order valence-electron chi connectivity index (χ2n) is 14.8. The van der Waals surface area contributed by atoms with Gasteiger partial charge in [-0.15, -0.1) is 0 Å². The van der Waals surface area contributed by atoms with Crippen LogP contribution in [0.5, 0.6) is 0 Å². The maximum atomic E-state index is 6.43. The third kappa shape index (κ3) is 5.14. The largest absolute Gasteiger partial charge is 0.456 e. The number of para-hydroxylation sites is 2. The zero-order valence-electron chi connectivity index (χ0n) is 31.2. The normalized spacial score (nSPS) is 11.8. The lowest BCUT2D eigenvalue weighted by atomic mass is 9.91. The Kier molecular flexibility index (Phi) is 7.16. The fourth-order valence-corrected chi connectivity index (χ4v) is 8.70. The average molecular weight is 741 g/mol. The van der Waals surface area contributed by atoms with E-state index in [2.05, 4.69) is 126 Å². The van der Waals surface area contributed by atoms with E-state index in [9.17, 15) is 0 Å². The number of nitrogens with zero attached hydrogens (tertiary/aromatic N) is 4. The van der Waals surface area contributed by atoms with Crippen molar-refractivity contribution in [1.82, 2.24) is 19.5 Å². The van der Waals surface area contributed by atoms with E-state index < -0.39 is 0 Å². The SMILES string of the molecule is c1ccc(-c2nc(-c3ccccc3)nc(-c3cccc(-n4c5ccccc5c5cc(-c6cc7ccccc7c7cc8c(cc67)oc6ccccc68)ccc54)c3)n2)cc1. The molecule has 0 amide bonds. The number of aromatic nitrogens is 4. The first-order valence-corrected chi connectivity index (χ1v) is 19.5. The number of furan rings is 1. The molecule has 0 N–H and O–H groups in total. The first kappa shape index (κ1) is 32.4. The molecule has 3 aromatic heterocycles. The Morgan fingerprint density at radius 2 is 0.948 bits per heavy atom. The second kappa shape index (κ2) is 12.8. The molecule has 12 rings (SSSR count). The summed E-state index contributed by atoms with van der Waals surface area (Å²) in [7, 11) is 0. The molecule has 3 heterocycles. The van der Waals surface area contributed by atoms with E-state index in [0.29, 0.717) is 17.5 Å². The Hall–Kier alpha value is -7.89.